The Morgan fingerprint density at radius 3 is 3.12 bits per heavy atom. The number of nitrogen functional groups attached to an aromatic ring is 1. The van der Waals surface area contributed by atoms with Crippen molar-refractivity contribution in [3.05, 3.63) is 22.7 Å². The minimum absolute atomic E-state index is 0.00767. The minimum atomic E-state index is -0.364. The van der Waals surface area contributed by atoms with Crippen molar-refractivity contribution in [3.63, 3.8) is 0 Å². The first kappa shape index (κ1) is 11.4. The number of ether oxygens (including phenoxy) is 1. The van der Waals surface area contributed by atoms with Gasteiger partial charge >= 0.3 is 5.69 Å². The monoisotopic (exact) mass is 243 g/mol. The molecule has 2 rings (SSSR count). The van der Waals surface area contributed by atoms with Crippen molar-refractivity contribution >= 4 is 17.6 Å². The second-order valence-corrected chi connectivity index (χ2v) is 4.67. The first-order valence-electron chi connectivity index (χ1n) is 4.89. The normalized spacial score (nSPS) is 25.6. The molecule has 1 aromatic heterocycles. The third-order valence-corrected chi connectivity index (χ3v) is 3.58. The van der Waals surface area contributed by atoms with Gasteiger partial charge in [0.15, 0.2) is 0 Å². The van der Waals surface area contributed by atoms with E-state index in [0.717, 1.165) is 5.75 Å². The summed E-state index contributed by atoms with van der Waals surface area (Å²) in [5.41, 5.74) is 4.86. The molecule has 0 aliphatic carbocycles. The molecule has 16 heavy (non-hydrogen) atoms. The standard InChI is InChI=1S/C9H13N3O3S/c10-7-1-2-12(9(14)11-7)6-4-15-8(3-13)16-5-6/h1-2,6,8,13H,3-5H2,(H2,10,11,14). The van der Waals surface area contributed by atoms with Crippen molar-refractivity contribution in [2.24, 2.45) is 0 Å². The highest BCUT2D eigenvalue weighted by Crippen LogP contribution is 2.25. The number of nitrogens with zero attached hydrogens (tertiary/aromatic N) is 2. The van der Waals surface area contributed by atoms with E-state index in [2.05, 4.69) is 4.98 Å². The van der Waals surface area contributed by atoms with Gasteiger partial charge in [-0.25, -0.2) is 4.79 Å². The molecule has 1 aromatic rings. The highest BCUT2D eigenvalue weighted by molar-refractivity contribution is 7.99. The molecule has 1 saturated heterocycles. The van der Waals surface area contributed by atoms with Gasteiger partial charge in [0.2, 0.25) is 0 Å². The molecule has 0 radical (unpaired) electrons. The summed E-state index contributed by atoms with van der Waals surface area (Å²) in [6.07, 6.45) is 1.62. The zero-order valence-corrected chi connectivity index (χ0v) is 9.39. The van der Waals surface area contributed by atoms with Crippen LogP contribution < -0.4 is 11.4 Å². The van der Waals surface area contributed by atoms with Crippen LogP contribution in [0.5, 0.6) is 0 Å². The summed E-state index contributed by atoms with van der Waals surface area (Å²) in [6.45, 7) is 0.399. The molecule has 0 aromatic carbocycles. The van der Waals surface area contributed by atoms with Gasteiger partial charge < -0.3 is 15.6 Å². The molecule has 3 N–H and O–H groups in total. The maximum absolute atomic E-state index is 11.5. The quantitative estimate of drug-likeness (QED) is 0.724. The van der Waals surface area contributed by atoms with Gasteiger partial charge in [-0.15, -0.1) is 11.8 Å². The average molecular weight is 243 g/mol. The molecule has 1 aliphatic heterocycles. The fourth-order valence-electron chi connectivity index (χ4n) is 1.50. The molecule has 0 bridgehead atoms. The predicted molar refractivity (Wildman–Crippen MR) is 61.2 cm³/mol. The van der Waals surface area contributed by atoms with E-state index in [0.29, 0.717) is 6.61 Å². The fourth-order valence-corrected chi connectivity index (χ4v) is 2.48. The summed E-state index contributed by atoms with van der Waals surface area (Å²) < 4.78 is 6.88. The van der Waals surface area contributed by atoms with Crippen LogP contribution in [0.1, 0.15) is 6.04 Å². The van der Waals surface area contributed by atoms with Gasteiger partial charge in [0.1, 0.15) is 11.3 Å². The maximum Gasteiger partial charge on any atom is 0.349 e. The van der Waals surface area contributed by atoms with Crippen molar-refractivity contribution < 1.29 is 9.84 Å². The molecule has 0 saturated carbocycles. The number of rotatable bonds is 2. The van der Waals surface area contributed by atoms with Crippen molar-refractivity contribution in [1.29, 1.82) is 0 Å². The molecular weight excluding hydrogens is 230 g/mol. The minimum Gasteiger partial charge on any atom is -0.393 e. The van der Waals surface area contributed by atoms with E-state index in [9.17, 15) is 4.79 Å². The van der Waals surface area contributed by atoms with Crippen LogP contribution in [0.4, 0.5) is 5.82 Å². The Kier molecular flexibility index (Phi) is 3.47. The molecule has 88 valence electrons. The molecule has 0 spiro atoms. The van der Waals surface area contributed by atoms with E-state index in [1.165, 1.54) is 16.3 Å². The zero-order valence-electron chi connectivity index (χ0n) is 8.57. The summed E-state index contributed by atoms with van der Waals surface area (Å²) in [4.78, 5) is 15.2. The van der Waals surface area contributed by atoms with Crippen LogP contribution in [-0.2, 0) is 4.74 Å². The van der Waals surface area contributed by atoms with Gasteiger partial charge in [0.25, 0.3) is 0 Å². The summed E-state index contributed by atoms with van der Waals surface area (Å²) in [5, 5.41) is 8.90. The van der Waals surface area contributed by atoms with Crippen LogP contribution in [0.2, 0.25) is 0 Å². The summed E-state index contributed by atoms with van der Waals surface area (Å²) in [5.74, 6) is 0.940. The fraction of sp³-hybridized carbons (Fsp3) is 0.556. The van der Waals surface area contributed by atoms with Gasteiger partial charge in [-0.05, 0) is 6.07 Å². The van der Waals surface area contributed by atoms with Crippen LogP contribution in [0.3, 0.4) is 0 Å². The Balaban J connectivity index is 2.11. The van der Waals surface area contributed by atoms with E-state index < -0.39 is 0 Å². The third-order valence-electron chi connectivity index (χ3n) is 2.34. The highest BCUT2D eigenvalue weighted by Gasteiger charge is 2.23. The van der Waals surface area contributed by atoms with Crippen LogP contribution in [0.15, 0.2) is 17.1 Å². The predicted octanol–water partition coefficient (Wildman–Crippen LogP) is -0.552. The molecule has 6 nitrogen and oxygen atoms in total. The van der Waals surface area contributed by atoms with Crippen molar-refractivity contribution in [2.75, 3.05) is 24.7 Å². The van der Waals surface area contributed by atoms with E-state index >= 15 is 0 Å². The third kappa shape index (κ3) is 2.37. The van der Waals surface area contributed by atoms with Gasteiger partial charge in [-0.2, -0.15) is 4.98 Å². The van der Waals surface area contributed by atoms with Crippen LogP contribution in [0.25, 0.3) is 0 Å². The lowest BCUT2D eigenvalue weighted by atomic mass is 10.3. The SMILES string of the molecule is Nc1ccn(C2COC(CO)SC2)c(=O)n1. The number of aliphatic hydroxyl groups is 1. The summed E-state index contributed by atoms with van der Waals surface area (Å²) >= 11 is 1.49. The van der Waals surface area contributed by atoms with Crippen molar-refractivity contribution in [2.45, 2.75) is 11.5 Å². The second-order valence-electron chi connectivity index (χ2n) is 3.47. The molecule has 1 fully saturated rings. The largest absolute Gasteiger partial charge is 0.393 e. The van der Waals surface area contributed by atoms with Crippen LogP contribution in [0, 0.1) is 0 Å². The number of aromatic nitrogens is 2. The Morgan fingerprint density at radius 2 is 2.56 bits per heavy atom. The van der Waals surface area contributed by atoms with E-state index in [1.54, 1.807) is 12.3 Å². The van der Waals surface area contributed by atoms with E-state index in [4.69, 9.17) is 15.6 Å². The number of hydrogen-bond donors (Lipinski definition) is 2. The first-order valence-corrected chi connectivity index (χ1v) is 5.94. The summed E-state index contributed by atoms with van der Waals surface area (Å²) in [7, 11) is 0. The molecule has 0 amide bonds. The first-order chi connectivity index (χ1) is 7.70. The lowest BCUT2D eigenvalue weighted by Gasteiger charge is -2.28. The Hall–Kier alpha value is -1.05. The van der Waals surface area contributed by atoms with Gasteiger partial charge in [-0.3, -0.25) is 4.57 Å². The van der Waals surface area contributed by atoms with E-state index in [-0.39, 0.29) is 29.6 Å². The lowest BCUT2D eigenvalue weighted by molar-refractivity contribution is 0.0435. The molecule has 7 heteroatoms. The Labute approximate surface area is 96.4 Å². The number of anilines is 1. The molecule has 2 atom stereocenters. The highest BCUT2D eigenvalue weighted by atomic mass is 32.2. The Bertz CT molecular complexity index is 415. The molecule has 1 aliphatic rings. The zero-order chi connectivity index (χ0) is 11.5. The van der Waals surface area contributed by atoms with Gasteiger partial charge in [0, 0.05) is 11.9 Å². The molecular formula is C9H13N3O3S. The van der Waals surface area contributed by atoms with Crippen molar-refractivity contribution in [1.82, 2.24) is 9.55 Å². The van der Waals surface area contributed by atoms with Crippen molar-refractivity contribution in [3.8, 4) is 0 Å². The Morgan fingerprint density at radius 1 is 1.75 bits per heavy atom. The number of hydrogen-bond acceptors (Lipinski definition) is 6. The van der Waals surface area contributed by atoms with Crippen LogP contribution in [-0.4, -0.2) is 39.1 Å². The number of nitrogens with two attached hydrogens (primary N) is 1. The maximum atomic E-state index is 11.5. The topological polar surface area (TPSA) is 90.4 Å². The van der Waals surface area contributed by atoms with Gasteiger partial charge in [-0.1, -0.05) is 0 Å². The number of thioether (sulfide) groups is 1. The van der Waals surface area contributed by atoms with E-state index in [1.807, 2.05) is 0 Å². The molecule has 2 unspecified atom stereocenters. The molecule has 2 heterocycles. The van der Waals surface area contributed by atoms with Gasteiger partial charge in [0.05, 0.1) is 19.3 Å². The second kappa shape index (κ2) is 4.86. The lowest BCUT2D eigenvalue weighted by Crippen LogP contribution is -2.35. The summed E-state index contributed by atoms with van der Waals surface area (Å²) in [6, 6.07) is 1.54. The smallest absolute Gasteiger partial charge is 0.349 e. The number of aliphatic hydroxyl groups excluding tert-OH is 1. The van der Waals surface area contributed by atoms with Crippen LogP contribution >= 0.6 is 11.8 Å². The average Bonchev–Trinajstić information content (AvgIpc) is 2.29.